The molecule has 27 heteroatoms. The molecule has 2 aromatic carbocycles. The summed E-state index contributed by atoms with van der Waals surface area (Å²) >= 11 is 0. The summed E-state index contributed by atoms with van der Waals surface area (Å²) in [6, 6.07) is 9.67. The number of methoxy groups -OCH3 is 3. The first kappa shape index (κ1) is 78.2. The normalized spacial score (nSPS) is 18.9. The highest BCUT2D eigenvalue weighted by molar-refractivity contribution is 6.12. The van der Waals surface area contributed by atoms with Crippen LogP contribution in [0.5, 0.6) is 0 Å². The number of unbranched alkanes of at least 4 members (excludes halogenated alkanes) is 2. The van der Waals surface area contributed by atoms with Gasteiger partial charge in [-0.25, -0.2) is 14.4 Å². The zero-order chi connectivity index (χ0) is 71.0. The molecule has 11 atom stereocenters. The summed E-state index contributed by atoms with van der Waals surface area (Å²) in [5.41, 5.74) is 5.55. The van der Waals surface area contributed by atoms with Crippen LogP contribution in [-0.4, -0.2) is 199 Å². The minimum absolute atomic E-state index is 0.0852. The number of nitrogens with zero attached hydrogens (tertiary/aromatic N) is 4. The fourth-order valence-electron chi connectivity index (χ4n) is 12.7. The van der Waals surface area contributed by atoms with Gasteiger partial charge in [0.25, 0.3) is 11.8 Å². The summed E-state index contributed by atoms with van der Waals surface area (Å²) in [6.45, 7) is 15.1. The monoisotopic (exact) mass is 1340 g/mol. The van der Waals surface area contributed by atoms with Crippen LogP contribution in [0.4, 0.5) is 15.3 Å². The number of likely N-dealkylation sites (N-methyl/N-ethyl adjacent to an activating group) is 1. The molecule has 5 rings (SSSR count). The number of anilines is 1. The number of carbonyl (C=O) groups is 12. The first-order valence-electron chi connectivity index (χ1n) is 33.5. The van der Waals surface area contributed by atoms with Gasteiger partial charge in [0.1, 0.15) is 36.3 Å². The lowest BCUT2D eigenvalue weighted by molar-refractivity contribution is -0.149. The summed E-state index contributed by atoms with van der Waals surface area (Å²) in [7, 11) is 5.88. The number of benzene rings is 2. The van der Waals surface area contributed by atoms with Crippen molar-refractivity contribution in [2.75, 3.05) is 59.9 Å². The van der Waals surface area contributed by atoms with Gasteiger partial charge in [-0.2, -0.15) is 0 Å². The molecule has 2 aromatic rings. The Bertz CT molecular complexity index is 3020. The standard InChI is InChI=1S/C69H103N11O16/c1-13-44(6)59(52(93-10)40-56(84)78-37-21-26-51(78)60(94-11)45(7)61(85)74-50(65(89)95-12)39-46-23-16-14-17-24-46)77(9)64(88)58(43(4)5)76-66(90)69(8)34-22-38-80(69)68(92)96-41-47-28-30-48(31-29-47)72-62(86)49(25-20-35-71-67(70)91)73-63(87)57(42(2)3)75-53(81)27-18-15-19-36-79-54(82)32-33-55(79)83/h14,16-17,23-24,28-33,42-45,49-52,57-60H,13,15,18-22,25-27,34-41H2,1-12H3,(H,72,86)(H,73,87)(H,74,85)(H,75,81)(H,76,90)(H3,70,71,91)/t44-,45+,49-,50-,51-,52+,57-,58-,59-,60+,69-/m0/s1. The van der Waals surface area contributed by atoms with Crippen molar-refractivity contribution in [2.24, 2.45) is 29.4 Å². The van der Waals surface area contributed by atoms with Crippen molar-refractivity contribution in [1.82, 2.24) is 46.2 Å². The smallest absolute Gasteiger partial charge is 0.410 e. The third-order valence-electron chi connectivity index (χ3n) is 18.6. The van der Waals surface area contributed by atoms with Gasteiger partial charge in [-0.15, -0.1) is 0 Å². The molecule has 3 aliphatic rings. The van der Waals surface area contributed by atoms with E-state index in [1.165, 1.54) is 38.4 Å². The summed E-state index contributed by atoms with van der Waals surface area (Å²) in [6.07, 6.45) is 4.73. The maximum absolute atomic E-state index is 14.9. The first-order chi connectivity index (χ1) is 45.6. The van der Waals surface area contributed by atoms with E-state index in [4.69, 9.17) is 24.7 Å². The second-order valence-electron chi connectivity index (χ2n) is 26.1. The Balaban J connectivity index is 1.18. The molecule has 0 saturated carbocycles. The van der Waals surface area contributed by atoms with Crippen LogP contribution in [0.2, 0.25) is 0 Å². The maximum Gasteiger partial charge on any atom is 0.410 e. The van der Waals surface area contributed by atoms with Gasteiger partial charge < -0.3 is 66.4 Å². The molecule has 3 heterocycles. The van der Waals surface area contributed by atoms with Crippen LogP contribution >= 0.6 is 0 Å². The predicted octanol–water partition coefficient (Wildman–Crippen LogP) is 4.64. The Morgan fingerprint density at radius 1 is 0.729 bits per heavy atom. The van der Waals surface area contributed by atoms with Gasteiger partial charge in [-0.05, 0) is 99.3 Å². The molecule has 0 bridgehead atoms. The molecular weight excluding hydrogens is 1240 g/mol. The molecular formula is C69H103N11O16. The topological polar surface area (TPSA) is 353 Å². The van der Waals surface area contributed by atoms with Gasteiger partial charge in [0.2, 0.25) is 41.4 Å². The maximum atomic E-state index is 14.9. The number of likely N-dealkylation sites (tertiary alicyclic amines) is 2. The van der Waals surface area contributed by atoms with E-state index in [0.29, 0.717) is 62.7 Å². The highest BCUT2D eigenvalue weighted by Crippen LogP contribution is 2.33. The molecule has 0 aromatic heterocycles. The van der Waals surface area contributed by atoms with Gasteiger partial charge >= 0.3 is 18.1 Å². The molecule has 8 N–H and O–H groups in total. The Morgan fingerprint density at radius 2 is 1.39 bits per heavy atom. The van der Waals surface area contributed by atoms with Crippen LogP contribution in [0.15, 0.2) is 66.7 Å². The van der Waals surface area contributed by atoms with Gasteiger partial charge in [-0.1, -0.05) is 104 Å². The Kier molecular flexibility index (Phi) is 30.8. The SMILES string of the molecule is CC[C@H](C)[C@@H]([C@@H](CC(=O)N1CCC[C@H]1[C@H](OC)[C@@H](C)C(=O)N[C@@H](Cc1ccccc1)C(=O)OC)OC)N(C)C(=O)[C@@H](NC(=O)[C@]1(C)CCCN1C(=O)OCc1ccc(NC(=O)[C@H](CCCNC(N)=O)NC(=O)[C@@H](NC(=O)CCCCCN2C(=O)C=CC2=O)C(C)C)cc1)C(C)C. The predicted molar refractivity (Wildman–Crippen MR) is 356 cm³/mol. The van der Waals surface area contributed by atoms with Crippen LogP contribution in [0, 0.1) is 23.7 Å². The third kappa shape index (κ3) is 21.8. The number of hydrogen-bond donors (Lipinski definition) is 7. The van der Waals surface area contributed by atoms with Crippen molar-refractivity contribution in [1.29, 1.82) is 0 Å². The quantitative estimate of drug-likeness (QED) is 0.0275. The van der Waals surface area contributed by atoms with E-state index in [1.807, 2.05) is 44.2 Å². The number of hydrogen-bond acceptors (Lipinski definition) is 16. The summed E-state index contributed by atoms with van der Waals surface area (Å²) in [5, 5.41) is 16.6. The van der Waals surface area contributed by atoms with Gasteiger partial charge in [0.05, 0.1) is 43.7 Å². The molecule has 96 heavy (non-hydrogen) atoms. The first-order valence-corrected chi connectivity index (χ1v) is 33.5. The minimum Gasteiger partial charge on any atom is -0.467 e. The fourth-order valence-corrected chi connectivity index (χ4v) is 12.7. The molecule has 530 valence electrons. The van der Waals surface area contributed by atoms with E-state index < -0.39 is 113 Å². The van der Waals surface area contributed by atoms with Crippen molar-refractivity contribution < 1.29 is 76.5 Å². The lowest BCUT2D eigenvalue weighted by atomic mass is 9.89. The van der Waals surface area contributed by atoms with Crippen molar-refractivity contribution in [2.45, 2.75) is 199 Å². The van der Waals surface area contributed by atoms with Crippen LogP contribution in [-0.2, 0) is 79.9 Å². The highest BCUT2D eigenvalue weighted by atomic mass is 16.6. The molecule has 0 radical (unpaired) electrons. The molecule has 0 unspecified atom stereocenters. The second kappa shape index (κ2) is 37.7. The summed E-state index contributed by atoms with van der Waals surface area (Å²) in [4.78, 5) is 166. The second-order valence-corrected chi connectivity index (χ2v) is 26.1. The van der Waals surface area contributed by atoms with Crippen molar-refractivity contribution in [3.05, 3.63) is 77.9 Å². The van der Waals surface area contributed by atoms with E-state index in [1.54, 1.807) is 82.7 Å². The average Bonchev–Trinajstić information content (AvgIpc) is 1.11. The van der Waals surface area contributed by atoms with Gasteiger partial charge in [-0.3, -0.25) is 53.0 Å². The summed E-state index contributed by atoms with van der Waals surface area (Å²) < 4.78 is 22.9. The van der Waals surface area contributed by atoms with Crippen LogP contribution < -0.4 is 37.6 Å². The zero-order valence-corrected chi connectivity index (χ0v) is 57.9. The molecule has 2 fully saturated rings. The Labute approximate surface area is 564 Å². The van der Waals surface area contributed by atoms with E-state index in [0.717, 1.165) is 10.5 Å². The van der Waals surface area contributed by atoms with Crippen LogP contribution in [0.1, 0.15) is 144 Å². The minimum atomic E-state index is -1.41. The summed E-state index contributed by atoms with van der Waals surface area (Å²) in [5.74, 6) is -6.35. The zero-order valence-electron chi connectivity index (χ0n) is 57.9. The van der Waals surface area contributed by atoms with E-state index >= 15 is 0 Å². The van der Waals surface area contributed by atoms with Crippen molar-refractivity contribution >= 4 is 76.9 Å². The van der Waals surface area contributed by atoms with Crippen LogP contribution in [0.25, 0.3) is 0 Å². The largest absolute Gasteiger partial charge is 0.467 e. The van der Waals surface area contributed by atoms with Crippen molar-refractivity contribution in [3.63, 3.8) is 0 Å². The third-order valence-corrected chi connectivity index (χ3v) is 18.6. The van der Waals surface area contributed by atoms with Gasteiger partial charge in [0, 0.05) is 78.1 Å². The van der Waals surface area contributed by atoms with E-state index in [2.05, 4.69) is 31.9 Å². The lowest BCUT2D eigenvalue weighted by Gasteiger charge is -2.41. The Morgan fingerprint density at radius 3 is 1.99 bits per heavy atom. The average molecular weight is 1340 g/mol. The highest BCUT2D eigenvalue weighted by Gasteiger charge is 2.49. The number of nitrogens with two attached hydrogens (primary N) is 1. The number of rotatable bonds is 37. The number of primary amides is 1. The number of nitrogens with one attached hydrogen (secondary N) is 6. The molecule has 27 nitrogen and oxygen atoms in total. The molecule has 0 spiro atoms. The fraction of sp³-hybridized carbons (Fsp3) is 0.623. The number of amides is 12. The van der Waals surface area contributed by atoms with Crippen molar-refractivity contribution in [3.8, 4) is 0 Å². The van der Waals surface area contributed by atoms with E-state index in [-0.39, 0.29) is 100 Å². The number of ether oxygens (including phenoxy) is 4. The molecule has 2 saturated heterocycles. The number of carbonyl (C=O) groups excluding carboxylic acids is 12. The molecule has 3 aliphatic heterocycles. The lowest BCUT2D eigenvalue weighted by Crippen LogP contribution is -2.62. The number of urea groups is 1. The van der Waals surface area contributed by atoms with E-state index in [9.17, 15) is 57.5 Å². The molecule has 0 aliphatic carbocycles. The number of imide groups is 1. The number of esters is 1. The van der Waals surface area contributed by atoms with Crippen LogP contribution in [0.3, 0.4) is 0 Å². The van der Waals surface area contributed by atoms with Gasteiger partial charge in [0.15, 0.2) is 0 Å². The Hall–Kier alpha value is -8.46. The molecule has 12 amide bonds.